The van der Waals surface area contributed by atoms with E-state index in [2.05, 4.69) is 0 Å². The Morgan fingerprint density at radius 2 is 1.76 bits per heavy atom. The largest absolute Gasteiger partial charge is 0.379 e. The topological polar surface area (TPSA) is 12.5 Å². The van der Waals surface area contributed by atoms with Gasteiger partial charge in [-0.15, -0.1) is 12.4 Å². The van der Waals surface area contributed by atoms with Crippen molar-refractivity contribution in [3.8, 4) is 0 Å². The van der Waals surface area contributed by atoms with Crippen LogP contribution in [0.2, 0.25) is 0 Å². The normalized spacial score (nSPS) is 40.9. The molecule has 2 aliphatic carbocycles. The van der Waals surface area contributed by atoms with E-state index in [1.165, 1.54) is 0 Å². The standard InChI is InChI=1S/C12H19F2NO.ClH/c13-12(14)10-4-2-1-3-5-11(10,12)15-6-8-16-9-7-15;/h10H,1-9H2;1H. The lowest BCUT2D eigenvalue weighted by atomic mass is 10.0. The van der Waals surface area contributed by atoms with Crippen molar-refractivity contribution in [2.45, 2.75) is 43.6 Å². The van der Waals surface area contributed by atoms with Gasteiger partial charge in [-0.1, -0.05) is 19.3 Å². The van der Waals surface area contributed by atoms with Crippen LogP contribution in [0.4, 0.5) is 8.78 Å². The maximum absolute atomic E-state index is 14.0. The van der Waals surface area contributed by atoms with Crippen molar-refractivity contribution in [3.05, 3.63) is 0 Å². The van der Waals surface area contributed by atoms with Gasteiger partial charge < -0.3 is 4.74 Å². The molecule has 3 aliphatic rings. The van der Waals surface area contributed by atoms with Crippen LogP contribution in [0.25, 0.3) is 0 Å². The van der Waals surface area contributed by atoms with Crippen LogP contribution in [0.1, 0.15) is 32.1 Å². The number of halogens is 3. The van der Waals surface area contributed by atoms with E-state index in [0.717, 1.165) is 19.3 Å². The van der Waals surface area contributed by atoms with E-state index in [4.69, 9.17) is 4.74 Å². The van der Waals surface area contributed by atoms with Gasteiger partial charge in [0.05, 0.1) is 18.8 Å². The molecule has 2 atom stereocenters. The van der Waals surface area contributed by atoms with Gasteiger partial charge in [-0.3, -0.25) is 4.90 Å². The first-order valence-corrected chi connectivity index (χ1v) is 6.40. The van der Waals surface area contributed by atoms with Gasteiger partial charge in [-0.25, -0.2) is 8.78 Å². The number of hydrogen-bond donors (Lipinski definition) is 0. The zero-order valence-corrected chi connectivity index (χ0v) is 10.8. The van der Waals surface area contributed by atoms with E-state index in [1.54, 1.807) is 0 Å². The van der Waals surface area contributed by atoms with Gasteiger partial charge in [0.2, 0.25) is 0 Å². The highest BCUT2D eigenvalue weighted by atomic mass is 35.5. The Hall–Kier alpha value is 0.0700. The lowest BCUT2D eigenvalue weighted by molar-refractivity contribution is -0.0366. The molecule has 0 aromatic heterocycles. The van der Waals surface area contributed by atoms with Gasteiger partial charge in [0, 0.05) is 19.0 Å². The molecule has 100 valence electrons. The second-order valence-corrected chi connectivity index (χ2v) is 5.30. The first-order chi connectivity index (χ1) is 7.69. The second kappa shape index (κ2) is 4.63. The van der Waals surface area contributed by atoms with E-state index < -0.39 is 11.5 Å². The van der Waals surface area contributed by atoms with Gasteiger partial charge in [-0.05, 0) is 12.8 Å². The Balaban J connectivity index is 0.00000108. The summed E-state index contributed by atoms with van der Waals surface area (Å²) in [6.07, 6.45) is 4.46. The number of alkyl halides is 2. The number of fused-ring (bicyclic) bond motifs is 1. The van der Waals surface area contributed by atoms with Crippen molar-refractivity contribution in [1.29, 1.82) is 0 Å². The Labute approximate surface area is 107 Å². The van der Waals surface area contributed by atoms with Gasteiger partial charge >= 0.3 is 0 Å². The summed E-state index contributed by atoms with van der Waals surface area (Å²) < 4.78 is 33.3. The first kappa shape index (κ1) is 13.5. The van der Waals surface area contributed by atoms with Crippen LogP contribution in [0.5, 0.6) is 0 Å². The average Bonchev–Trinajstić information content (AvgIpc) is 2.87. The fraction of sp³-hybridized carbons (Fsp3) is 1.00. The summed E-state index contributed by atoms with van der Waals surface area (Å²) in [7, 11) is 0. The molecule has 1 heterocycles. The van der Waals surface area contributed by atoms with Gasteiger partial charge in [0.25, 0.3) is 5.92 Å². The van der Waals surface area contributed by atoms with E-state index in [-0.39, 0.29) is 18.3 Å². The van der Waals surface area contributed by atoms with Gasteiger partial charge in [0.1, 0.15) is 0 Å². The third-order valence-electron chi connectivity index (χ3n) is 4.63. The molecule has 0 amide bonds. The van der Waals surface area contributed by atoms with Crippen LogP contribution >= 0.6 is 12.4 Å². The van der Waals surface area contributed by atoms with Crippen molar-refractivity contribution in [1.82, 2.24) is 4.90 Å². The maximum Gasteiger partial charge on any atom is 0.271 e. The molecule has 2 nitrogen and oxygen atoms in total. The molecule has 0 spiro atoms. The fourth-order valence-electron chi connectivity index (χ4n) is 3.75. The van der Waals surface area contributed by atoms with Crippen LogP contribution < -0.4 is 0 Å². The number of rotatable bonds is 1. The minimum atomic E-state index is -2.44. The predicted molar refractivity (Wildman–Crippen MR) is 63.9 cm³/mol. The lowest BCUT2D eigenvalue weighted by Crippen LogP contribution is -2.48. The fourth-order valence-corrected chi connectivity index (χ4v) is 3.75. The third kappa shape index (κ3) is 1.80. The number of ether oxygens (including phenoxy) is 1. The van der Waals surface area contributed by atoms with Crippen molar-refractivity contribution >= 4 is 12.4 Å². The number of hydrogen-bond acceptors (Lipinski definition) is 2. The molecule has 3 fully saturated rings. The van der Waals surface area contributed by atoms with Crippen molar-refractivity contribution in [2.75, 3.05) is 26.3 Å². The van der Waals surface area contributed by atoms with Crippen LogP contribution in [-0.4, -0.2) is 42.7 Å². The molecule has 5 heteroatoms. The Morgan fingerprint density at radius 1 is 1.06 bits per heavy atom. The molecule has 0 bridgehead atoms. The zero-order chi connectivity index (χ0) is 11.2. The average molecular weight is 268 g/mol. The smallest absolute Gasteiger partial charge is 0.271 e. The van der Waals surface area contributed by atoms with Crippen molar-refractivity contribution in [3.63, 3.8) is 0 Å². The summed E-state index contributed by atoms with van der Waals surface area (Å²) in [4.78, 5) is 2.02. The van der Waals surface area contributed by atoms with Crippen LogP contribution in [-0.2, 0) is 4.74 Å². The van der Waals surface area contributed by atoms with Gasteiger partial charge in [0.15, 0.2) is 0 Å². The summed E-state index contributed by atoms with van der Waals surface area (Å²) >= 11 is 0. The third-order valence-corrected chi connectivity index (χ3v) is 4.63. The Bertz CT molecular complexity index is 284. The summed E-state index contributed by atoms with van der Waals surface area (Å²) in [6.45, 7) is 2.60. The van der Waals surface area contributed by atoms with E-state index >= 15 is 0 Å². The minimum Gasteiger partial charge on any atom is -0.379 e. The second-order valence-electron chi connectivity index (χ2n) is 5.30. The quantitative estimate of drug-likeness (QED) is 0.724. The summed E-state index contributed by atoms with van der Waals surface area (Å²) in [5.74, 6) is -2.81. The maximum atomic E-state index is 14.0. The lowest BCUT2D eigenvalue weighted by Gasteiger charge is -2.35. The molecule has 2 unspecified atom stereocenters. The molecule has 0 aromatic rings. The molecule has 1 aliphatic heterocycles. The molecular formula is C12H20ClF2NO. The highest BCUT2D eigenvalue weighted by molar-refractivity contribution is 5.85. The van der Waals surface area contributed by atoms with Crippen LogP contribution in [0.15, 0.2) is 0 Å². The van der Waals surface area contributed by atoms with Crippen molar-refractivity contribution in [2.24, 2.45) is 5.92 Å². The highest BCUT2D eigenvalue weighted by Gasteiger charge is 2.81. The predicted octanol–water partition coefficient (Wildman–Crippen LogP) is 2.71. The Morgan fingerprint density at radius 3 is 2.47 bits per heavy atom. The number of nitrogens with zero attached hydrogens (tertiary/aromatic N) is 1. The molecule has 2 saturated carbocycles. The number of morpholine rings is 1. The molecule has 17 heavy (non-hydrogen) atoms. The van der Waals surface area contributed by atoms with E-state index in [0.29, 0.717) is 39.1 Å². The first-order valence-electron chi connectivity index (χ1n) is 6.40. The zero-order valence-electron chi connectivity index (χ0n) is 9.96. The molecule has 0 N–H and O–H groups in total. The van der Waals surface area contributed by atoms with Crippen LogP contribution in [0.3, 0.4) is 0 Å². The van der Waals surface area contributed by atoms with Crippen molar-refractivity contribution < 1.29 is 13.5 Å². The minimum absolute atomic E-state index is 0. The monoisotopic (exact) mass is 267 g/mol. The van der Waals surface area contributed by atoms with E-state index in [1.807, 2.05) is 4.90 Å². The summed E-state index contributed by atoms with van der Waals surface area (Å²) in [5.41, 5.74) is -0.784. The Kier molecular flexibility index (Phi) is 3.68. The summed E-state index contributed by atoms with van der Waals surface area (Å²) in [6, 6.07) is 0. The highest BCUT2D eigenvalue weighted by Crippen LogP contribution is 2.67. The molecule has 0 radical (unpaired) electrons. The van der Waals surface area contributed by atoms with Crippen LogP contribution in [0, 0.1) is 5.92 Å². The van der Waals surface area contributed by atoms with E-state index in [9.17, 15) is 8.78 Å². The molecule has 0 aromatic carbocycles. The van der Waals surface area contributed by atoms with Gasteiger partial charge in [-0.2, -0.15) is 0 Å². The summed E-state index contributed by atoms with van der Waals surface area (Å²) in [5, 5.41) is 0. The SMILES string of the molecule is Cl.FC1(F)C2CCCCCC21N1CCOCC1. The molecular weight excluding hydrogens is 248 g/mol. The molecule has 1 saturated heterocycles. The molecule has 3 rings (SSSR count).